The van der Waals surface area contributed by atoms with Gasteiger partial charge in [-0.2, -0.15) is 11.8 Å². The number of hydrogen-bond acceptors (Lipinski definition) is 4. The first-order valence-corrected chi connectivity index (χ1v) is 7.88. The molecule has 2 nitrogen and oxygen atoms in total. The maximum atomic E-state index is 4.78. The van der Waals surface area contributed by atoms with Crippen LogP contribution in [-0.4, -0.2) is 17.8 Å². The summed E-state index contributed by atoms with van der Waals surface area (Å²) in [6, 6.07) is 0. The molecule has 0 spiro atoms. The maximum absolute atomic E-state index is 4.78. The molecule has 0 amide bonds. The Morgan fingerprint density at radius 1 is 1.38 bits per heavy atom. The molecule has 0 aliphatic heterocycles. The lowest BCUT2D eigenvalue weighted by Crippen LogP contribution is -2.18. The van der Waals surface area contributed by atoms with E-state index in [2.05, 4.69) is 39.3 Å². The van der Waals surface area contributed by atoms with Crippen molar-refractivity contribution in [3.05, 3.63) is 15.6 Å². The second-order valence-electron chi connectivity index (χ2n) is 4.84. The van der Waals surface area contributed by atoms with Gasteiger partial charge in [0.25, 0.3) is 0 Å². The van der Waals surface area contributed by atoms with Gasteiger partial charge >= 0.3 is 0 Å². The highest BCUT2D eigenvalue weighted by molar-refractivity contribution is 7.97. The summed E-state index contributed by atoms with van der Waals surface area (Å²) in [6.45, 7) is 10.8. The van der Waals surface area contributed by atoms with Crippen molar-refractivity contribution in [2.45, 2.75) is 45.4 Å². The van der Waals surface area contributed by atoms with Crippen LogP contribution >= 0.6 is 23.1 Å². The van der Waals surface area contributed by atoms with E-state index in [-0.39, 0.29) is 5.41 Å². The quantitative estimate of drug-likeness (QED) is 0.876. The molecule has 92 valence electrons. The number of nitrogens with one attached hydrogen (secondary N) is 1. The summed E-state index contributed by atoms with van der Waals surface area (Å²) in [7, 11) is 0. The summed E-state index contributed by atoms with van der Waals surface area (Å²) in [4.78, 5) is 6.18. The average molecular weight is 258 g/mol. The Labute approximate surface area is 107 Å². The zero-order valence-corrected chi connectivity index (χ0v) is 12.5. The number of nitrogens with zero attached hydrogens (tertiary/aromatic N) is 1. The first-order valence-electron chi connectivity index (χ1n) is 5.67. The van der Waals surface area contributed by atoms with Crippen molar-refractivity contribution in [2.75, 3.05) is 12.8 Å². The molecule has 1 N–H and O–H groups in total. The molecule has 4 heteroatoms. The van der Waals surface area contributed by atoms with E-state index >= 15 is 0 Å². The van der Waals surface area contributed by atoms with E-state index in [1.165, 1.54) is 15.6 Å². The van der Waals surface area contributed by atoms with Gasteiger partial charge in [0.05, 0.1) is 5.69 Å². The molecule has 1 aromatic rings. The monoisotopic (exact) mass is 258 g/mol. The Hall–Kier alpha value is -0.0600. The van der Waals surface area contributed by atoms with E-state index in [4.69, 9.17) is 4.98 Å². The van der Waals surface area contributed by atoms with Crippen LogP contribution in [0, 0.1) is 0 Å². The lowest BCUT2D eigenvalue weighted by molar-refractivity contribution is 0.560. The largest absolute Gasteiger partial charge is 0.312 e. The van der Waals surface area contributed by atoms with Gasteiger partial charge in [0.15, 0.2) is 0 Å². The molecule has 0 unspecified atom stereocenters. The minimum absolute atomic E-state index is 0.151. The van der Waals surface area contributed by atoms with Gasteiger partial charge in [-0.3, -0.25) is 0 Å². The van der Waals surface area contributed by atoms with E-state index < -0.39 is 0 Å². The molecule has 0 radical (unpaired) electrons. The highest BCUT2D eigenvalue weighted by Crippen LogP contribution is 2.30. The van der Waals surface area contributed by atoms with Gasteiger partial charge < -0.3 is 5.32 Å². The van der Waals surface area contributed by atoms with Gasteiger partial charge in [-0.1, -0.05) is 27.7 Å². The van der Waals surface area contributed by atoms with Crippen LogP contribution in [0.5, 0.6) is 0 Å². The smallest absolute Gasteiger partial charge is 0.103 e. The Morgan fingerprint density at radius 3 is 2.56 bits per heavy atom. The third kappa shape index (κ3) is 3.75. The third-order valence-corrected chi connectivity index (χ3v) is 4.06. The normalized spacial score (nSPS) is 12.1. The first kappa shape index (κ1) is 14.0. The number of rotatable bonds is 5. The second kappa shape index (κ2) is 6.03. The number of thioether (sulfide) groups is 1. The summed E-state index contributed by atoms with van der Waals surface area (Å²) in [5.74, 6) is 1.03. The Bertz CT molecular complexity index is 326. The molecule has 0 saturated carbocycles. The molecule has 0 bridgehead atoms. The van der Waals surface area contributed by atoms with Gasteiger partial charge in [-0.05, 0) is 12.8 Å². The van der Waals surface area contributed by atoms with Gasteiger partial charge in [0.2, 0.25) is 0 Å². The molecule has 1 rings (SSSR count). The van der Waals surface area contributed by atoms with Gasteiger partial charge in [-0.25, -0.2) is 4.98 Å². The summed E-state index contributed by atoms with van der Waals surface area (Å²) in [5.41, 5.74) is 1.42. The van der Waals surface area contributed by atoms with E-state index in [9.17, 15) is 0 Å². The third-order valence-electron chi connectivity index (χ3n) is 2.26. The standard InChI is InChI=1S/C12H22N2S2/c1-6-13-7-9-11(12(2,3)4)14-10(16-9)8-15-5/h13H,6-8H2,1-5H3. The van der Waals surface area contributed by atoms with Gasteiger partial charge in [-0.15, -0.1) is 11.3 Å². The maximum Gasteiger partial charge on any atom is 0.103 e. The minimum atomic E-state index is 0.151. The van der Waals surface area contributed by atoms with Crippen LogP contribution in [0.3, 0.4) is 0 Å². The topological polar surface area (TPSA) is 24.9 Å². The van der Waals surface area contributed by atoms with Crippen molar-refractivity contribution < 1.29 is 0 Å². The van der Waals surface area contributed by atoms with Crippen molar-refractivity contribution in [3.8, 4) is 0 Å². The predicted molar refractivity (Wildman–Crippen MR) is 75.4 cm³/mol. The Kier molecular flexibility index (Phi) is 5.28. The van der Waals surface area contributed by atoms with Crippen molar-refractivity contribution >= 4 is 23.1 Å². The molecular formula is C12H22N2S2. The molecule has 1 aromatic heterocycles. The van der Waals surface area contributed by atoms with Crippen LogP contribution in [0.2, 0.25) is 0 Å². The van der Waals surface area contributed by atoms with Crippen LogP contribution < -0.4 is 5.32 Å². The van der Waals surface area contributed by atoms with Gasteiger partial charge in [0.1, 0.15) is 5.01 Å². The molecule has 0 saturated heterocycles. The number of thiazole rings is 1. The van der Waals surface area contributed by atoms with Crippen LogP contribution in [0.4, 0.5) is 0 Å². The molecule has 0 aromatic carbocycles. The van der Waals surface area contributed by atoms with Crippen molar-refractivity contribution in [3.63, 3.8) is 0 Å². The first-order chi connectivity index (χ1) is 7.49. The van der Waals surface area contributed by atoms with E-state index in [0.29, 0.717) is 0 Å². The Balaban J connectivity index is 2.93. The van der Waals surface area contributed by atoms with E-state index in [1.807, 2.05) is 23.1 Å². The predicted octanol–water partition coefficient (Wildman–Crippen LogP) is 3.41. The average Bonchev–Trinajstić information content (AvgIpc) is 2.58. The highest BCUT2D eigenvalue weighted by Gasteiger charge is 2.22. The zero-order chi connectivity index (χ0) is 12.2. The fraction of sp³-hybridized carbons (Fsp3) is 0.750. The van der Waals surface area contributed by atoms with Crippen molar-refractivity contribution in [1.29, 1.82) is 0 Å². The minimum Gasteiger partial charge on any atom is -0.312 e. The number of hydrogen-bond donors (Lipinski definition) is 1. The molecular weight excluding hydrogens is 236 g/mol. The molecule has 0 aliphatic rings. The van der Waals surface area contributed by atoms with Crippen LogP contribution in [0.15, 0.2) is 0 Å². The molecule has 1 heterocycles. The van der Waals surface area contributed by atoms with Crippen molar-refractivity contribution in [2.24, 2.45) is 0 Å². The second-order valence-corrected chi connectivity index (χ2v) is 6.88. The summed E-state index contributed by atoms with van der Waals surface area (Å²) < 4.78 is 0. The fourth-order valence-corrected chi connectivity index (χ4v) is 3.47. The van der Waals surface area contributed by atoms with Crippen LogP contribution in [0.1, 0.15) is 43.3 Å². The van der Waals surface area contributed by atoms with Gasteiger partial charge in [0, 0.05) is 22.6 Å². The molecule has 0 fully saturated rings. The van der Waals surface area contributed by atoms with Crippen LogP contribution in [0.25, 0.3) is 0 Å². The molecule has 0 aliphatic carbocycles. The summed E-state index contributed by atoms with van der Waals surface area (Å²) in [5, 5.41) is 4.65. The molecule has 16 heavy (non-hydrogen) atoms. The molecule has 0 atom stereocenters. The van der Waals surface area contributed by atoms with E-state index in [0.717, 1.165) is 18.8 Å². The zero-order valence-electron chi connectivity index (χ0n) is 10.9. The van der Waals surface area contributed by atoms with Crippen LogP contribution in [-0.2, 0) is 17.7 Å². The summed E-state index contributed by atoms with van der Waals surface area (Å²) in [6.07, 6.45) is 2.13. The lowest BCUT2D eigenvalue weighted by atomic mass is 9.91. The SMILES string of the molecule is CCNCc1sc(CSC)nc1C(C)(C)C. The highest BCUT2D eigenvalue weighted by atomic mass is 32.2. The fourth-order valence-electron chi connectivity index (χ4n) is 1.53. The lowest BCUT2D eigenvalue weighted by Gasteiger charge is -2.17. The summed E-state index contributed by atoms with van der Waals surface area (Å²) >= 11 is 3.70. The van der Waals surface area contributed by atoms with Crippen molar-refractivity contribution in [1.82, 2.24) is 10.3 Å². The Morgan fingerprint density at radius 2 is 2.06 bits per heavy atom. The number of aromatic nitrogens is 1. The van der Waals surface area contributed by atoms with E-state index in [1.54, 1.807) is 0 Å².